The Balaban J connectivity index is 1.46. The number of amides is 1. The maximum Gasteiger partial charge on any atom is 0.338 e. The summed E-state index contributed by atoms with van der Waals surface area (Å²) in [6, 6.07) is 8.05. The summed E-state index contributed by atoms with van der Waals surface area (Å²) in [7, 11) is 0. The van der Waals surface area contributed by atoms with E-state index in [0.717, 1.165) is 29.8 Å². The average molecular weight is 393 g/mol. The Morgan fingerprint density at radius 2 is 1.79 bits per heavy atom. The zero-order chi connectivity index (χ0) is 20.5. The van der Waals surface area contributed by atoms with E-state index in [-0.39, 0.29) is 17.5 Å². The Morgan fingerprint density at radius 1 is 1.07 bits per heavy atom. The number of carboxylic acids is 1. The van der Waals surface area contributed by atoms with Crippen molar-refractivity contribution < 1.29 is 14.7 Å². The lowest BCUT2D eigenvalue weighted by Gasteiger charge is -2.32. The van der Waals surface area contributed by atoms with Crippen LogP contribution in [0.4, 0.5) is 0 Å². The van der Waals surface area contributed by atoms with Crippen LogP contribution in [-0.4, -0.2) is 54.5 Å². The van der Waals surface area contributed by atoms with Gasteiger partial charge >= 0.3 is 5.97 Å². The number of aromatic nitrogens is 4. The molecule has 0 bridgehead atoms. The number of nitrogens with zero attached hydrogens (tertiary/aromatic N) is 5. The lowest BCUT2D eigenvalue weighted by molar-refractivity contribution is 0.0687. The second-order valence-corrected chi connectivity index (χ2v) is 7.38. The van der Waals surface area contributed by atoms with Gasteiger partial charge in [-0.15, -0.1) is 0 Å². The Labute approximate surface area is 168 Å². The molecule has 1 aromatic carbocycles. The number of piperidine rings is 1. The van der Waals surface area contributed by atoms with Gasteiger partial charge in [0, 0.05) is 19.3 Å². The molecular formula is C21H23N5O3. The van der Waals surface area contributed by atoms with Crippen LogP contribution in [0.2, 0.25) is 0 Å². The van der Waals surface area contributed by atoms with Crippen molar-refractivity contribution >= 4 is 11.9 Å². The van der Waals surface area contributed by atoms with Crippen LogP contribution in [0.25, 0.3) is 5.69 Å². The highest BCUT2D eigenvalue weighted by molar-refractivity contribution is 5.95. The monoisotopic (exact) mass is 393 g/mol. The fourth-order valence-corrected chi connectivity index (χ4v) is 3.82. The van der Waals surface area contributed by atoms with Crippen molar-refractivity contribution in [1.29, 1.82) is 0 Å². The minimum atomic E-state index is -0.981. The first kappa shape index (κ1) is 18.9. The molecule has 1 fully saturated rings. The molecule has 0 aliphatic carbocycles. The molecule has 8 nitrogen and oxygen atoms in total. The molecule has 8 heteroatoms. The van der Waals surface area contributed by atoms with Gasteiger partial charge in [0.15, 0.2) is 0 Å². The zero-order valence-corrected chi connectivity index (χ0v) is 16.4. The van der Waals surface area contributed by atoms with Crippen LogP contribution in [0.5, 0.6) is 0 Å². The van der Waals surface area contributed by atoms with Gasteiger partial charge in [0.05, 0.1) is 40.9 Å². The normalized spacial score (nSPS) is 14.9. The summed E-state index contributed by atoms with van der Waals surface area (Å²) in [4.78, 5) is 25.9. The maximum atomic E-state index is 13.1. The first-order chi connectivity index (χ1) is 14.0. The number of benzene rings is 1. The van der Waals surface area contributed by atoms with Gasteiger partial charge in [-0.2, -0.15) is 10.2 Å². The third kappa shape index (κ3) is 3.53. The Morgan fingerprint density at radius 3 is 2.45 bits per heavy atom. The highest BCUT2D eigenvalue weighted by Crippen LogP contribution is 2.25. The molecule has 0 unspecified atom stereocenters. The van der Waals surface area contributed by atoms with Crippen molar-refractivity contribution in [3.05, 3.63) is 65.2 Å². The molecular weight excluding hydrogens is 370 g/mol. The molecule has 0 saturated carbocycles. The Bertz CT molecular complexity index is 1060. The first-order valence-corrected chi connectivity index (χ1v) is 9.63. The topological polar surface area (TPSA) is 93.2 Å². The predicted molar refractivity (Wildman–Crippen MR) is 106 cm³/mol. The number of likely N-dealkylation sites (tertiary alicyclic amines) is 1. The van der Waals surface area contributed by atoms with Gasteiger partial charge in [-0.05, 0) is 38.3 Å². The van der Waals surface area contributed by atoms with Crippen molar-refractivity contribution in [2.75, 3.05) is 13.1 Å². The Kier molecular flexibility index (Phi) is 4.92. The van der Waals surface area contributed by atoms with E-state index in [9.17, 15) is 9.59 Å². The third-order valence-electron chi connectivity index (χ3n) is 5.56. The molecule has 4 rings (SSSR count). The number of aromatic carboxylic acids is 1. The molecule has 1 aliphatic rings. The predicted octanol–water partition coefficient (Wildman–Crippen LogP) is 2.86. The lowest BCUT2D eigenvalue weighted by Crippen LogP contribution is -2.39. The van der Waals surface area contributed by atoms with Gasteiger partial charge in [-0.3, -0.25) is 9.48 Å². The van der Waals surface area contributed by atoms with E-state index < -0.39 is 5.97 Å². The molecule has 0 atom stereocenters. The van der Waals surface area contributed by atoms with E-state index in [4.69, 9.17) is 5.11 Å². The van der Waals surface area contributed by atoms with Crippen LogP contribution >= 0.6 is 0 Å². The molecule has 29 heavy (non-hydrogen) atoms. The van der Waals surface area contributed by atoms with Gasteiger partial charge in [0.25, 0.3) is 5.91 Å². The van der Waals surface area contributed by atoms with Crippen molar-refractivity contribution in [2.24, 2.45) is 0 Å². The average Bonchev–Trinajstić information content (AvgIpc) is 3.36. The van der Waals surface area contributed by atoms with Gasteiger partial charge in [-0.25, -0.2) is 9.48 Å². The summed E-state index contributed by atoms with van der Waals surface area (Å²) in [5.74, 6) is -1.00. The molecule has 2 aromatic heterocycles. The SMILES string of the molecule is Cc1ccccc1-n1ncc(C(=O)N2CCC(n3cc(C(=O)O)cn3)CC2)c1C. The van der Waals surface area contributed by atoms with Gasteiger partial charge in [-0.1, -0.05) is 18.2 Å². The molecule has 1 amide bonds. The minimum Gasteiger partial charge on any atom is -0.478 e. The quantitative estimate of drug-likeness (QED) is 0.736. The maximum absolute atomic E-state index is 13.1. The largest absolute Gasteiger partial charge is 0.478 e. The first-order valence-electron chi connectivity index (χ1n) is 9.63. The summed E-state index contributed by atoms with van der Waals surface area (Å²) < 4.78 is 3.51. The number of aryl methyl sites for hydroxylation is 1. The second-order valence-electron chi connectivity index (χ2n) is 7.38. The summed E-state index contributed by atoms with van der Waals surface area (Å²) in [6.45, 7) is 5.13. The van der Waals surface area contributed by atoms with E-state index in [0.29, 0.717) is 18.7 Å². The highest BCUT2D eigenvalue weighted by Gasteiger charge is 2.27. The van der Waals surface area contributed by atoms with Crippen LogP contribution in [-0.2, 0) is 0 Å². The van der Waals surface area contributed by atoms with E-state index in [2.05, 4.69) is 10.2 Å². The number of carboxylic acid groups (broad SMARTS) is 1. The lowest BCUT2D eigenvalue weighted by atomic mass is 10.0. The summed E-state index contributed by atoms with van der Waals surface area (Å²) in [5.41, 5.74) is 3.68. The van der Waals surface area contributed by atoms with Crippen LogP contribution in [0.15, 0.2) is 42.9 Å². The van der Waals surface area contributed by atoms with Crippen LogP contribution in [0.3, 0.4) is 0 Å². The van der Waals surface area contributed by atoms with Gasteiger partial charge < -0.3 is 10.0 Å². The molecule has 150 valence electrons. The zero-order valence-electron chi connectivity index (χ0n) is 16.4. The summed E-state index contributed by atoms with van der Waals surface area (Å²) >= 11 is 0. The van der Waals surface area contributed by atoms with Crippen molar-refractivity contribution in [2.45, 2.75) is 32.7 Å². The van der Waals surface area contributed by atoms with Gasteiger partial charge in [0.1, 0.15) is 0 Å². The number of hydrogen-bond donors (Lipinski definition) is 1. The molecule has 3 aromatic rings. The fraction of sp³-hybridized carbons (Fsp3) is 0.333. The summed E-state index contributed by atoms with van der Waals surface area (Å²) in [5, 5.41) is 17.7. The standard InChI is InChI=1S/C21H23N5O3/c1-14-5-3-4-6-19(14)26-15(2)18(12-23-26)20(27)24-9-7-17(8-10-24)25-13-16(11-22-25)21(28)29/h3-6,11-13,17H,7-10H2,1-2H3,(H,28,29). The van der Waals surface area contributed by atoms with E-state index in [1.807, 2.05) is 47.7 Å². The number of carbonyl (C=O) groups excluding carboxylic acids is 1. The molecule has 3 heterocycles. The Hall–Kier alpha value is -3.42. The van der Waals surface area contributed by atoms with Crippen molar-refractivity contribution in [3.8, 4) is 5.69 Å². The second kappa shape index (κ2) is 7.54. The smallest absolute Gasteiger partial charge is 0.338 e. The molecule has 1 aliphatic heterocycles. The number of para-hydroxylation sites is 1. The fourth-order valence-electron chi connectivity index (χ4n) is 3.82. The highest BCUT2D eigenvalue weighted by atomic mass is 16.4. The van der Waals surface area contributed by atoms with Crippen LogP contribution in [0.1, 0.15) is 50.9 Å². The third-order valence-corrected chi connectivity index (χ3v) is 5.56. The van der Waals surface area contributed by atoms with E-state index in [1.165, 1.54) is 6.20 Å². The number of carbonyl (C=O) groups is 2. The van der Waals surface area contributed by atoms with E-state index >= 15 is 0 Å². The van der Waals surface area contributed by atoms with Crippen LogP contribution < -0.4 is 0 Å². The van der Waals surface area contributed by atoms with Crippen molar-refractivity contribution in [3.63, 3.8) is 0 Å². The van der Waals surface area contributed by atoms with E-state index in [1.54, 1.807) is 17.1 Å². The molecule has 0 spiro atoms. The minimum absolute atomic E-state index is 0.0209. The molecule has 0 radical (unpaired) electrons. The van der Waals surface area contributed by atoms with Gasteiger partial charge in [0.2, 0.25) is 0 Å². The van der Waals surface area contributed by atoms with Crippen molar-refractivity contribution in [1.82, 2.24) is 24.5 Å². The molecule has 1 N–H and O–H groups in total. The summed E-state index contributed by atoms with van der Waals surface area (Å²) in [6.07, 6.45) is 6.03. The van der Waals surface area contributed by atoms with Crippen LogP contribution in [0, 0.1) is 13.8 Å². The number of rotatable bonds is 4. The molecule has 1 saturated heterocycles. The number of hydrogen-bond acceptors (Lipinski definition) is 4.